The molecule has 4 rings (SSSR count). The highest BCUT2D eigenvalue weighted by molar-refractivity contribution is 7.89. The van der Waals surface area contributed by atoms with Crippen molar-refractivity contribution in [2.24, 2.45) is 0 Å². The molecule has 0 unspecified atom stereocenters. The Bertz CT molecular complexity index is 1380. The lowest BCUT2D eigenvalue weighted by Crippen LogP contribution is -2.54. The molecule has 1 heterocycles. The van der Waals surface area contributed by atoms with E-state index in [4.69, 9.17) is 4.74 Å². The third-order valence-electron chi connectivity index (χ3n) is 6.64. The second-order valence-corrected chi connectivity index (χ2v) is 11.6. The van der Waals surface area contributed by atoms with Crippen LogP contribution in [0.2, 0.25) is 0 Å². The highest BCUT2D eigenvalue weighted by Gasteiger charge is 2.49. The summed E-state index contributed by atoms with van der Waals surface area (Å²) in [5.74, 6) is -0.815. The quantitative estimate of drug-likeness (QED) is 0.478. The first-order valence-corrected chi connectivity index (χ1v) is 13.3. The molecule has 1 aliphatic rings. The first kappa shape index (κ1) is 25.9. The van der Waals surface area contributed by atoms with Gasteiger partial charge < -0.3 is 14.9 Å². The lowest BCUT2D eigenvalue weighted by molar-refractivity contribution is -0.0802. The number of fused-ring (bicyclic) bond motifs is 1. The van der Waals surface area contributed by atoms with Gasteiger partial charge in [0.05, 0.1) is 16.5 Å². The number of hydrogen-bond acceptors (Lipinski definition) is 5. The molecule has 0 spiro atoms. The number of aryl methyl sites for hydroxylation is 2. The second-order valence-electron chi connectivity index (χ2n) is 9.69. The molecular weight excluding hydrogens is 478 g/mol. The van der Waals surface area contributed by atoms with E-state index in [-0.39, 0.29) is 17.0 Å². The number of sulfonamides is 1. The fraction of sp³-hybridized carbons (Fsp3) is 0.321. The molecule has 0 aliphatic carbocycles. The van der Waals surface area contributed by atoms with Crippen molar-refractivity contribution in [2.45, 2.75) is 63.3 Å². The largest absolute Gasteiger partial charge is 0.485 e. The number of benzene rings is 3. The maximum Gasteiger partial charge on any atom is 0.335 e. The first-order valence-electron chi connectivity index (χ1n) is 11.8. The lowest BCUT2D eigenvalue weighted by atomic mass is 9.85. The summed E-state index contributed by atoms with van der Waals surface area (Å²) < 4.78 is 35.6. The zero-order valence-corrected chi connectivity index (χ0v) is 21.6. The van der Waals surface area contributed by atoms with E-state index in [9.17, 15) is 23.4 Å². The van der Waals surface area contributed by atoms with E-state index in [0.29, 0.717) is 11.3 Å². The number of rotatable bonds is 7. The Morgan fingerprint density at radius 1 is 1.03 bits per heavy atom. The summed E-state index contributed by atoms with van der Waals surface area (Å²) in [5.41, 5.74) is 1.81. The highest BCUT2D eigenvalue weighted by atomic mass is 32.2. The predicted molar refractivity (Wildman–Crippen MR) is 137 cm³/mol. The number of nitrogens with zero attached hydrogens (tertiary/aromatic N) is 1. The second kappa shape index (κ2) is 9.69. The number of carbonyl (C=O) groups is 1. The SMILES string of the molecule is CCc1ccc(CN([C@@H]2c3cc(C(=O)O)ccc3OC(C)(C)[C@H]2O)S(=O)(=O)c2cccc(C)c2)cc1. The summed E-state index contributed by atoms with van der Waals surface area (Å²) in [5, 5.41) is 21.1. The summed E-state index contributed by atoms with van der Waals surface area (Å²) in [6.45, 7) is 7.21. The van der Waals surface area contributed by atoms with Crippen LogP contribution in [0.3, 0.4) is 0 Å². The van der Waals surface area contributed by atoms with Crippen LogP contribution in [0.25, 0.3) is 0 Å². The van der Waals surface area contributed by atoms with Crippen molar-refractivity contribution in [3.63, 3.8) is 0 Å². The maximum absolute atomic E-state index is 14.2. The van der Waals surface area contributed by atoms with Crippen LogP contribution in [0.5, 0.6) is 5.75 Å². The zero-order valence-electron chi connectivity index (χ0n) is 20.8. The Hall–Kier alpha value is -3.20. The molecule has 190 valence electrons. The van der Waals surface area contributed by atoms with Crippen molar-refractivity contribution in [1.29, 1.82) is 0 Å². The molecule has 3 aromatic rings. The zero-order chi connectivity index (χ0) is 26.3. The van der Waals surface area contributed by atoms with E-state index < -0.39 is 33.7 Å². The van der Waals surface area contributed by atoms with Crippen LogP contribution in [0.15, 0.2) is 71.6 Å². The minimum absolute atomic E-state index is 0.0190. The van der Waals surface area contributed by atoms with Crippen LogP contribution < -0.4 is 4.74 Å². The topological polar surface area (TPSA) is 104 Å². The summed E-state index contributed by atoms with van der Waals surface area (Å²) in [6, 6.07) is 17.5. The van der Waals surface area contributed by atoms with E-state index in [1.165, 1.54) is 28.6 Å². The summed E-state index contributed by atoms with van der Waals surface area (Å²) in [7, 11) is -4.13. The van der Waals surface area contributed by atoms with Crippen molar-refractivity contribution in [3.8, 4) is 5.75 Å². The van der Waals surface area contributed by atoms with Gasteiger partial charge in [0.2, 0.25) is 10.0 Å². The molecule has 0 saturated heterocycles. The Balaban J connectivity index is 1.93. The van der Waals surface area contributed by atoms with Crippen molar-refractivity contribution >= 4 is 16.0 Å². The summed E-state index contributed by atoms with van der Waals surface area (Å²) in [4.78, 5) is 11.8. The standard InChI is InChI=1S/C28H31NO6S/c1-5-19-9-11-20(12-10-19)17-29(36(33,34)22-8-6-7-18(2)15-22)25-23-16-21(27(31)32)13-14-24(23)35-28(3,4)26(25)30/h6-16,25-26,30H,5,17H2,1-4H3,(H,31,32)/t25-,26+/m1/s1. The average Bonchev–Trinajstić information content (AvgIpc) is 2.83. The molecule has 0 amide bonds. The number of aliphatic hydroxyl groups excluding tert-OH is 1. The number of carboxylic acid groups (broad SMARTS) is 1. The van der Waals surface area contributed by atoms with Gasteiger partial charge in [-0.05, 0) is 74.2 Å². The molecule has 1 aliphatic heterocycles. The van der Waals surface area contributed by atoms with Gasteiger partial charge in [-0.25, -0.2) is 13.2 Å². The molecule has 0 fully saturated rings. The van der Waals surface area contributed by atoms with Crippen LogP contribution in [-0.4, -0.2) is 40.6 Å². The monoisotopic (exact) mass is 509 g/mol. The van der Waals surface area contributed by atoms with Gasteiger partial charge in [0.15, 0.2) is 0 Å². The Kier molecular flexibility index (Phi) is 6.96. The first-order chi connectivity index (χ1) is 16.9. The van der Waals surface area contributed by atoms with E-state index in [0.717, 1.165) is 23.1 Å². The Morgan fingerprint density at radius 2 is 1.69 bits per heavy atom. The van der Waals surface area contributed by atoms with E-state index in [1.807, 2.05) is 44.2 Å². The third kappa shape index (κ3) is 4.89. The van der Waals surface area contributed by atoms with Gasteiger partial charge in [0.1, 0.15) is 17.5 Å². The van der Waals surface area contributed by atoms with Crippen molar-refractivity contribution in [1.82, 2.24) is 4.31 Å². The fourth-order valence-corrected chi connectivity index (χ4v) is 6.22. The van der Waals surface area contributed by atoms with Gasteiger partial charge in [0, 0.05) is 12.1 Å². The van der Waals surface area contributed by atoms with E-state index in [2.05, 4.69) is 0 Å². The van der Waals surface area contributed by atoms with Gasteiger partial charge in [-0.3, -0.25) is 0 Å². The van der Waals surface area contributed by atoms with Gasteiger partial charge in [-0.1, -0.05) is 43.3 Å². The predicted octanol–water partition coefficient (Wildman–Crippen LogP) is 4.72. The highest BCUT2D eigenvalue weighted by Crippen LogP contribution is 2.45. The summed E-state index contributed by atoms with van der Waals surface area (Å²) >= 11 is 0. The van der Waals surface area contributed by atoms with Gasteiger partial charge in [-0.15, -0.1) is 0 Å². The minimum atomic E-state index is -4.13. The van der Waals surface area contributed by atoms with E-state index >= 15 is 0 Å². The molecule has 0 bridgehead atoms. The molecular formula is C28H31NO6S. The molecule has 8 heteroatoms. The molecule has 2 N–H and O–H groups in total. The van der Waals surface area contributed by atoms with Crippen molar-refractivity contribution < 1.29 is 28.2 Å². The minimum Gasteiger partial charge on any atom is -0.485 e. The molecule has 0 radical (unpaired) electrons. The van der Waals surface area contributed by atoms with Crippen LogP contribution >= 0.6 is 0 Å². The number of aliphatic hydroxyl groups is 1. The normalized spacial score (nSPS) is 18.9. The van der Waals surface area contributed by atoms with Crippen LogP contribution in [0, 0.1) is 6.92 Å². The molecule has 0 saturated carbocycles. The third-order valence-corrected chi connectivity index (χ3v) is 8.46. The van der Waals surface area contributed by atoms with Crippen molar-refractivity contribution in [3.05, 3.63) is 94.5 Å². The maximum atomic E-state index is 14.2. The van der Waals surface area contributed by atoms with Crippen LogP contribution in [0.1, 0.15) is 59.4 Å². The lowest BCUT2D eigenvalue weighted by Gasteiger charge is -2.45. The van der Waals surface area contributed by atoms with Crippen LogP contribution in [0.4, 0.5) is 0 Å². The summed E-state index contributed by atoms with van der Waals surface area (Å²) in [6.07, 6.45) is -0.424. The average molecular weight is 510 g/mol. The molecule has 3 aromatic carbocycles. The Morgan fingerprint density at radius 3 is 2.31 bits per heavy atom. The van der Waals surface area contributed by atoms with Crippen molar-refractivity contribution in [2.75, 3.05) is 0 Å². The number of aromatic carboxylic acids is 1. The van der Waals surface area contributed by atoms with Gasteiger partial charge >= 0.3 is 5.97 Å². The van der Waals surface area contributed by atoms with Gasteiger partial charge in [0.25, 0.3) is 0 Å². The fourth-order valence-electron chi connectivity index (χ4n) is 4.52. The smallest absolute Gasteiger partial charge is 0.335 e. The number of carboxylic acids is 1. The van der Waals surface area contributed by atoms with Gasteiger partial charge in [-0.2, -0.15) is 4.31 Å². The molecule has 36 heavy (non-hydrogen) atoms. The van der Waals surface area contributed by atoms with E-state index in [1.54, 1.807) is 26.0 Å². The Labute approximate surface area is 212 Å². The molecule has 7 nitrogen and oxygen atoms in total. The number of hydrogen-bond donors (Lipinski definition) is 2. The van der Waals surface area contributed by atoms with Crippen LogP contribution in [-0.2, 0) is 23.0 Å². The molecule has 2 atom stereocenters. The number of ether oxygens (including phenoxy) is 1. The molecule has 0 aromatic heterocycles.